The standard InChI is InChI=1S/C23H31N3O3S/c1-17(2)22(19-9-5-4-6-10-19)24-18(3)23(27)25-20-11-13-21(14-12-20)30(28,29)26-15-7-8-16-26/h4-6,9-14,17-18,22,24H,7-8,15-16H2,1-3H3,(H,25,27)/p+1/t18-,22+/m0/s1. The van der Waals surface area contributed by atoms with E-state index in [1.165, 1.54) is 9.87 Å². The molecule has 0 aromatic heterocycles. The molecule has 1 amide bonds. The van der Waals surface area contributed by atoms with Crippen molar-refractivity contribution in [2.45, 2.75) is 50.6 Å². The lowest BCUT2D eigenvalue weighted by molar-refractivity contribution is -0.718. The second kappa shape index (κ2) is 9.73. The molecule has 1 heterocycles. The van der Waals surface area contributed by atoms with Gasteiger partial charge in [0.1, 0.15) is 6.04 Å². The number of anilines is 1. The van der Waals surface area contributed by atoms with Crippen LogP contribution < -0.4 is 10.6 Å². The van der Waals surface area contributed by atoms with Gasteiger partial charge >= 0.3 is 0 Å². The van der Waals surface area contributed by atoms with Crippen molar-refractivity contribution in [3.63, 3.8) is 0 Å². The lowest BCUT2D eigenvalue weighted by Gasteiger charge is -2.23. The van der Waals surface area contributed by atoms with E-state index in [0.29, 0.717) is 24.7 Å². The third-order valence-corrected chi connectivity index (χ3v) is 7.55. The molecule has 0 radical (unpaired) electrons. The zero-order valence-electron chi connectivity index (χ0n) is 17.9. The van der Waals surface area contributed by atoms with Crippen LogP contribution in [0.5, 0.6) is 0 Å². The van der Waals surface area contributed by atoms with Crippen molar-refractivity contribution in [2.75, 3.05) is 18.4 Å². The number of rotatable bonds is 8. The Morgan fingerprint density at radius 3 is 2.13 bits per heavy atom. The quantitative estimate of drug-likeness (QED) is 0.676. The monoisotopic (exact) mass is 430 g/mol. The van der Waals surface area contributed by atoms with E-state index in [2.05, 4.69) is 36.6 Å². The number of quaternary nitrogens is 1. The third-order valence-electron chi connectivity index (χ3n) is 5.64. The Labute approximate surface area is 179 Å². The largest absolute Gasteiger partial charge is 0.330 e. The number of hydrogen-bond donors (Lipinski definition) is 2. The molecule has 0 spiro atoms. The van der Waals surface area contributed by atoms with Crippen molar-refractivity contribution >= 4 is 21.6 Å². The Bertz CT molecular complexity index is 937. The predicted molar refractivity (Wildman–Crippen MR) is 118 cm³/mol. The van der Waals surface area contributed by atoms with Crippen molar-refractivity contribution in [1.82, 2.24) is 4.31 Å². The van der Waals surface area contributed by atoms with Gasteiger partial charge in [-0.1, -0.05) is 44.2 Å². The third kappa shape index (κ3) is 5.28. The van der Waals surface area contributed by atoms with Crippen molar-refractivity contribution in [3.8, 4) is 0 Å². The van der Waals surface area contributed by atoms with Crippen LogP contribution in [0.3, 0.4) is 0 Å². The van der Waals surface area contributed by atoms with Crippen LogP contribution >= 0.6 is 0 Å². The number of sulfonamides is 1. The van der Waals surface area contributed by atoms with Crippen LogP contribution in [0, 0.1) is 5.92 Å². The van der Waals surface area contributed by atoms with Gasteiger partial charge in [-0.25, -0.2) is 8.42 Å². The first-order valence-electron chi connectivity index (χ1n) is 10.6. The Hall–Kier alpha value is -2.22. The van der Waals surface area contributed by atoms with Crippen molar-refractivity contribution in [1.29, 1.82) is 0 Å². The number of nitrogens with two attached hydrogens (primary N) is 1. The molecule has 1 aliphatic rings. The summed E-state index contributed by atoms with van der Waals surface area (Å²) in [6.45, 7) is 7.34. The predicted octanol–water partition coefficient (Wildman–Crippen LogP) is 2.76. The zero-order valence-corrected chi connectivity index (χ0v) is 18.7. The van der Waals surface area contributed by atoms with Gasteiger partial charge in [0.25, 0.3) is 5.91 Å². The first-order valence-corrected chi connectivity index (χ1v) is 12.0. The van der Waals surface area contributed by atoms with Crippen LogP contribution in [-0.2, 0) is 14.8 Å². The van der Waals surface area contributed by atoms with E-state index in [0.717, 1.165) is 12.8 Å². The lowest BCUT2D eigenvalue weighted by atomic mass is 9.95. The van der Waals surface area contributed by atoms with Gasteiger partial charge in [0, 0.05) is 30.3 Å². The second-order valence-corrected chi connectivity index (χ2v) is 10.2. The van der Waals surface area contributed by atoms with Gasteiger partial charge in [0.15, 0.2) is 6.04 Å². The molecule has 162 valence electrons. The smallest absolute Gasteiger partial charge is 0.282 e. The molecule has 0 aliphatic carbocycles. The van der Waals surface area contributed by atoms with Gasteiger partial charge in [0.05, 0.1) is 4.90 Å². The molecule has 30 heavy (non-hydrogen) atoms. The van der Waals surface area contributed by atoms with Crippen LogP contribution in [-0.4, -0.2) is 37.8 Å². The van der Waals surface area contributed by atoms with Gasteiger partial charge in [-0.3, -0.25) is 4.79 Å². The summed E-state index contributed by atoms with van der Waals surface area (Å²) >= 11 is 0. The highest BCUT2D eigenvalue weighted by Crippen LogP contribution is 2.22. The Morgan fingerprint density at radius 1 is 0.967 bits per heavy atom. The molecule has 1 aliphatic heterocycles. The fourth-order valence-corrected chi connectivity index (χ4v) is 5.35. The molecule has 2 aromatic carbocycles. The molecule has 6 nitrogen and oxygen atoms in total. The Kier molecular flexibility index (Phi) is 7.28. The van der Waals surface area contributed by atoms with E-state index in [1.54, 1.807) is 24.3 Å². The summed E-state index contributed by atoms with van der Waals surface area (Å²) in [6.07, 6.45) is 1.81. The Balaban J connectivity index is 1.63. The van der Waals surface area contributed by atoms with Gasteiger partial charge in [-0.15, -0.1) is 0 Å². The topological polar surface area (TPSA) is 83.1 Å². The molecule has 7 heteroatoms. The van der Waals surface area contributed by atoms with E-state index < -0.39 is 10.0 Å². The number of hydrogen-bond acceptors (Lipinski definition) is 3. The van der Waals surface area contributed by atoms with Crippen molar-refractivity contribution in [2.24, 2.45) is 5.92 Å². The first-order chi connectivity index (χ1) is 14.3. The van der Waals surface area contributed by atoms with Crippen LogP contribution in [0.1, 0.15) is 45.2 Å². The maximum Gasteiger partial charge on any atom is 0.282 e. The van der Waals surface area contributed by atoms with E-state index >= 15 is 0 Å². The Morgan fingerprint density at radius 2 is 1.57 bits per heavy atom. The molecule has 2 aromatic rings. The van der Waals surface area contributed by atoms with Crippen LogP contribution in [0.15, 0.2) is 59.5 Å². The number of amides is 1. The fourth-order valence-electron chi connectivity index (χ4n) is 3.84. The number of nitrogens with zero attached hydrogens (tertiary/aromatic N) is 1. The first kappa shape index (κ1) is 22.5. The number of carbonyl (C=O) groups is 1. The van der Waals surface area contributed by atoms with E-state index in [4.69, 9.17) is 0 Å². The number of benzene rings is 2. The lowest BCUT2D eigenvalue weighted by Crippen LogP contribution is -2.93. The summed E-state index contributed by atoms with van der Waals surface area (Å²) < 4.78 is 26.8. The normalized spacial score (nSPS) is 17.1. The van der Waals surface area contributed by atoms with Crippen LogP contribution in [0.2, 0.25) is 0 Å². The number of nitrogens with one attached hydrogen (secondary N) is 1. The second-order valence-electron chi connectivity index (χ2n) is 8.29. The fraction of sp³-hybridized carbons (Fsp3) is 0.435. The average Bonchev–Trinajstić information content (AvgIpc) is 3.28. The average molecular weight is 431 g/mol. The molecule has 2 atom stereocenters. The zero-order chi connectivity index (χ0) is 21.7. The summed E-state index contributed by atoms with van der Waals surface area (Å²) in [5.41, 5.74) is 1.80. The SMILES string of the molecule is CC(C)[C@@H]([NH2+][C@@H](C)C(=O)Nc1ccc(S(=O)(=O)N2CCCC2)cc1)c1ccccc1. The molecule has 1 saturated heterocycles. The maximum absolute atomic E-state index is 12.7. The van der Waals surface area contributed by atoms with Crippen molar-refractivity contribution < 1.29 is 18.5 Å². The summed E-state index contributed by atoms with van der Waals surface area (Å²) in [4.78, 5) is 13.0. The van der Waals surface area contributed by atoms with Gasteiger partial charge < -0.3 is 10.6 Å². The molecular formula is C23H32N3O3S+. The summed E-state index contributed by atoms with van der Waals surface area (Å²) in [7, 11) is -3.44. The van der Waals surface area contributed by atoms with Gasteiger partial charge in [-0.2, -0.15) is 4.31 Å². The van der Waals surface area contributed by atoms with Crippen LogP contribution in [0.4, 0.5) is 5.69 Å². The number of carbonyl (C=O) groups excluding carboxylic acids is 1. The van der Waals surface area contributed by atoms with Gasteiger partial charge in [0.2, 0.25) is 10.0 Å². The molecule has 1 fully saturated rings. The minimum Gasteiger partial charge on any atom is -0.330 e. The minimum absolute atomic E-state index is 0.105. The van der Waals surface area contributed by atoms with E-state index in [9.17, 15) is 13.2 Å². The highest BCUT2D eigenvalue weighted by Gasteiger charge is 2.28. The molecule has 0 unspecified atom stereocenters. The maximum atomic E-state index is 12.7. The summed E-state index contributed by atoms with van der Waals surface area (Å²) in [6, 6.07) is 16.5. The minimum atomic E-state index is -3.44. The van der Waals surface area contributed by atoms with Gasteiger partial charge in [-0.05, 0) is 44.0 Å². The molecule has 0 saturated carbocycles. The van der Waals surface area contributed by atoms with Crippen molar-refractivity contribution in [3.05, 3.63) is 60.2 Å². The van der Waals surface area contributed by atoms with Crippen LogP contribution in [0.25, 0.3) is 0 Å². The molecular weight excluding hydrogens is 398 g/mol. The summed E-state index contributed by atoms with van der Waals surface area (Å²) in [5, 5.41) is 4.99. The van der Waals surface area contributed by atoms with E-state index in [-0.39, 0.29) is 22.9 Å². The molecule has 0 bridgehead atoms. The highest BCUT2D eigenvalue weighted by molar-refractivity contribution is 7.89. The molecule has 3 rings (SSSR count). The summed E-state index contributed by atoms with van der Waals surface area (Å²) in [5.74, 6) is 0.268. The molecule has 3 N–H and O–H groups in total. The highest BCUT2D eigenvalue weighted by atomic mass is 32.2. The van der Waals surface area contributed by atoms with E-state index in [1.807, 2.05) is 25.1 Å².